The maximum Gasteiger partial charge on any atom is 0.119 e. The van der Waals surface area contributed by atoms with Gasteiger partial charge in [-0.25, -0.2) is 0 Å². The molecule has 112 valence electrons. The number of rotatable bonds is 4. The van der Waals surface area contributed by atoms with E-state index in [9.17, 15) is 5.11 Å². The van der Waals surface area contributed by atoms with E-state index >= 15 is 0 Å². The van der Waals surface area contributed by atoms with Gasteiger partial charge in [-0.05, 0) is 68.6 Å². The Labute approximate surface area is 123 Å². The molecule has 1 atom stereocenters. The smallest absolute Gasteiger partial charge is 0.119 e. The van der Waals surface area contributed by atoms with Crippen molar-refractivity contribution >= 4 is 0 Å². The average Bonchev–Trinajstić information content (AvgIpc) is 2.38. The van der Waals surface area contributed by atoms with E-state index in [1.165, 1.54) is 12.8 Å². The molecule has 0 spiro atoms. The van der Waals surface area contributed by atoms with E-state index in [2.05, 4.69) is 13.8 Å². The van der Waals surface area contributed by atoms with Crippen LogP contribution in [0, 0.1) is 11.3 Å². The lowest BCUT2D eigenvalue weighted by atomic mass is 9.71. The molecule has 0 bridgehead atoms. The Bertz CT molecular complexity index is 410. The summed E-state index contributed by atoms with van der Waals surface area (Å²) in [5, 5.41) is 10.5. The lowest BCUT2D eigenvalue weighted by Crippen LogP contribution is -2.25. The Morgan fingerprint density at radius 1 is 1.10 bits per heavy atom. The van der Waals surface area contributed by atoms with E-state index in [-0.39, 0.29) is 12.2 Å². The molecule has 0 heterocycles. The fraction of sp³-hybridized carbons (Fsp3) is 0.667. The Balaban J connectivity index is 1.97. The second-order valence-corrected chi connectivity index (χ2v) is 7.18. The van der Waals surface area contributed by atoms with Crippen molar-refractivity contribution in [1.82, 2.24) is 0 Å². The van der Waals surface area contributed by atoms with Crippen molar-refractivity contribution in [3.8, 4) is 5.75 Å². The lowest BCUT2D eigenvalue weighted by Gasteiger charge is -2.36. The highest BCUT2D eigenvalue weighted by Crippen LogP contribution is 2.42. The first kappa shape index (κ1) is 15.4. The van der Waals surface area contributed by atoms with Gasteiger partial charge in [0, 0.05) is 0 Å². The van der Waals surface area contributed by atoms with Gasteiger partial charge in [0.05, 0.1) is 12.2 Å². The summed E-state index contributed by atoms with van der Waals surface area (Å²) in [5.74, 6) is 1.28. The van der Waals surface area contributed by atoms with Crippen LogP contribution >= 0.6 is 0 Å². The Morgan fingerprint density at radius 2 is 1.65 bits per heavy atom. The van der Waals surface area contributed by atoms with Crippen LogP contribution < -0.4 is 4.74 Å². The van der Waals surface area contributed by atoms with Crippen molar-refractivity contribution < 1.29 is 9.84 Å². The molecule has 2 heteroatoms. The molecule has 1 unspecified atom stereocenters. The summed E-state index contributed by atoms with van der Waals surface area (Å²) in [5.41, 5.74) is 1.47. The molecule has 0 aromatic heterocycles. The molecule has 1 aromatic carbocycles. The third kappa shape index (κ3) is 3.99. The molecule has 2 nitrogen and oxygen atoms in total. The lowest BCUT2D eigenvalue weighted by molar-refractivity contribution is 0.0567. The van der Waals surface area contributed by atoms with E-state index in [4.69, 9.17) is 4.74 Å². The number of aliphatic hydroxyl groups excluding tert-OH is 1. The van der Waals surface area contributed by atoms with Gasteiger partial charge in [-0.2, -0.15) is 0 Å². The summed E-state index contributed by atoms with van der Waals surface area (Å²) < 4.78 is 5.64. The van der Waals surface area contributed by atoms with Crippen LogP contribution in [0.1, 0.15) is 65.0 Å². The van der Waals surface area contributed by atoms with Gasteiger partial charge in [0.1, 0.15) is 5.75 Å². The number of benzene rings is 1. The van der Waals surface area contributed by atoms with Gasteiger partial charge < -0.3 is 9.84 Å². The standard InChI is InChI=1S/C18H28O2/c1-13(2)20-16-7-5-14(6-8-16)17(19)15-9-11-18(3,4)12-10-15/h5-8,13,15,17,19H,9-12H2,1-4H3. The first-order chi connectivity index (χ1) is 9.37. The fourth-order valence-electron chi connectivity index (χ4n) is 3.03. The van der Waals surface area contributed by atoms with Crippen molar-refractivity contribution in [2.45, 2.75) is 65.6 Å². The molecule has 0 aliphatic heterocycles. The molecule has 1 aromatic rings. The molecule has 2 rings (SSSR count). The number of hydrogen-bond acceptors (Lipinski definition) is 2. The van der Waals surface area contributed by atoms with Gasteiger partial charge in [-0.1, -0.05) is 26.0 Å². The minimum atomic E-state index is -0.334. The molecule has 0 amide bonds. The van der Waals surface area contributed by atoms with Crippen LogP contribution in [0.15, 0.2) is 24.3 Å². The van der Waals surface area contributed by atoms with E-state index in [1.807, 2.05) is 38.1 Å². The first-order valence-electron chi connectivity index (χ1n) is 7.82. The maximum absolute atomic E-state index is 10.5. The van der Waals surface area contributed by atoms with Crippen LogP contribution in [0.5, 0.6) is 5.75 Å². The van der Waals surface area contributed by atoms with E-state index in [1.54, 1.807) is 0 Å². The molecular weight excluding hydrogens is 248 g/mol. The summed E-state index contributed by atoms with van der Waals surface area (Å²) >= 11 is 0. The zero-order chi connectivity index (χ0) is 14.8. The fourth-order valence-corrected chi connectivity index (χ4v) is 3.03. The van der Waals surface area contributed by atoms with Crippen molar-refractivity contribution in [1.29, 1.82) is 0 Å². The predicted octanol–water partition coefficient (Wildman–Crippen LogP) is 4.72. The van der Waals surface area contributed by atoms with Gasteiger partial charge in [-0.3, -0.25) is 0 Å². The molecule has 1 N–H and O–H groups in total. The van der Waals surface area contributed by atoms with Crippen molar-refractivity contribution in [2.24, 2.45) is 11.3 Å². The Kier molecular flexibility index (Phi) is 4.74. The second kappa shape index (κ2) is 6.17. The Morgan fingerprint density at radius 3 is 2.15 bits per heavy atom. The van der Waals surface area contributed by atoms with Gasteiger partial charge >= 0.3 is 0 Å². The molecule has 1 aliphatic carbocycles. The van der Waals surface area contributed by atoms with Crippen molar-refractivity contribution in [2.75, 3.05) is 0 Å². The zero-order valence-corrected chi connectivity index (χ0v) is 13.2. The number of aliphatic hydroxyl groups is 1. The van der Waals surface area contributed by atoms with Gasteiger partial charge in [-0.15, -0.1) is 0 Å². The van der Waals surface area contributed by atoms with Crippen LogP contribution in [0.2, 0.25) is 0 Å². The van der Waals surface area contributed by atoms with Crippen LogP contribution in [-0.4, -0.2) is 11.2 Å². The van der Waals surface area contributed by atoms with E-state index in [0.29, 0.717) is 11.3 Å². The van der Waals surface area contributed by atoms with Crippen LogP contribution in [0.4, 0.5) is 0 Å². The van der Waals surface area contributed by atoms with E-state index < -0.39 is 0 Å². The first-order valence-corrected chi connectivity index (χ1v) is 7.82. The van der Waals surface area contributed by atoms with Gasteiger partial charge in [0.25, 0.3) is 0 Å². The second-order valence-electron chi connectivity index (χ2n) is 7.18. The summed E-state index contributed by atoms with van der Waals surface area (Å²) in [6.07, 6.45) is 4.52. The largest absolute Gasteiger partial charge is 0.491 e. The highest BCUT2D eigenvalue weighted by Gasteiger charge is 2.31. The predicted molar refractivity (Wildman–Crippen MR) is 82.9 cm³/mol. The Hall–Kier alpha value is -1.02. The average molecular weight is 276 g/mol. The van der Waals surface area contributed by atoms with Gasteiger partial charge in [0.15, 0.2) is 0 Å². The monoisotopic (exact) mass is 276 g/mol. The molecule has 20 heavy (non-hydrogen) atoms. The SMILES string of the molecule is CC(C)Oc1ccc(C(O)C2CCC(C)(C)CC2)cc1. The molecule has 1 aliphatic rings. The van der Waals surface area contributed by atoms with Crippen LogP contribution in [-0.2, 0) is 0 Å². The van der Waals surface area contributed by atoms with Crippen LogP contribution in [0.3, 0.4) is 0 Å². The molecule has 1 fully saturated rings. The molecule has 0 saturated heterocycles. The number of hydrogen-bond donors (Lipinski definition) is 1. The minimum absolute atomic E-state index is 0.186. The summed E-state index contributed by atoms with van der Waals surface area (Å²) in [7, 11) is 0. The maximum atomic E-state index is 10.5. The summed E-state index contributed by atoms with van der Waals surface area (Å²) in [4.78, 5) is 0. The molecular formula is C18H28O2. The third-order valence-electron chi connectivity index (χ3n) is 4.42. The molecule has 0 radical (unpaired) electrons. The topological polar surface area (TPSA) is 29.5 Å². The van der Waals surface area contributed by atoms with E-state index in [0.717, 1.165) is 24.2 Å². The number of ether oxygens (including phenoxy) is 1. The van der Waals surface area contributed by atoms with Crippen molar-refractivity contribution in [3.63, 3.8) is 0 Å². The third-order valence-corrected chi connectivity index (χ3v) is 4.42. The van der Waals surface area contributed by atoms with Crippen molar-refractivity contribution in [3.05, 3.63) is 29.8 Å². The highest BCUT2D eigenvalue weighted by molar-refractivity contribution is 5.29. The minimum Gasteiger partial charge on any atom is -0.491 e. The van der Waals surface area contributed by atoms with Crippen LogP contribution in [0.25, 0.3) is 0 Å². The molecule has 1 saturated carbocycles. The summed E-state index contributed by atoms with van der Waals surface area (Å²) in [6.45, 7) is 8.69. The quantitative estimate of drug-likeness (QED) is 0.862. The summed E-state index contributed by atoms with van der Waals surface area (Å²) in [6, 6.07) is 7.93. The highest BCUT2D eigenvalue weighted by atomic mass is 16.5. The zero-order valence-electron chi connectivity index (χ0n) is 13.2. The normalized spacial score (nSPS) is 20.9. The van der Waals surface area contributed by atoms with Gasteiger partial charge in [0.2, 0.25) is 0 Å².